The molecule has 0 N–H and O–H groups in total. The molecule has 6 nitrogen and oxygen atoms in total. The molecule has 1 aromatic carbocycles. The zero-order valence-corrected chi connectivity index (χ0v) is 18.6. The van der Waals surface area contributed by atoms with Crippen molar-refractivity contribution in [3.05, 3.63) is 47.4 Å². The highest BCUT2D eigenvalue weighted by atomic mass is 35.5. The molecule has 1 saturated carbocycles. The van der Waals surface area contributed by atoms with Crippen LogP contribution in [0.5, 0.6) is 0 Å². The van der Waals surface area contributed by atoms with Crippen molar-refractivity contribution in [2.45, 2.75) is 57.4 Å². The number of amides is 2. The van der Waals surface area contributed by atoms with E-state index in [9.17, 15) is 4.79 Å². The minimum absolute atomic E-state index is 0. The molecule has 2 aromatic rings. The van der Waals surface area contributed by atoms with Gasteiger partial charge in [-0.05, 0) is 31.2 Å². The van der Waals surface area contributed by atoms with Gasteiger partial charge >= 0.3 is 6.03 Å². The fourth-order valence-electron chi connectivity index (χ4n) is 5.08. The lowest BCUT2D eigenvalue weighted by Gasteiger charge is -2.32. The number of carbonyl (C=O) groups is 1. The maximum Gasteiger partial charge on any atom is 0.331 e. The number of amidine groups is 1. The molecule has 5 rings (SSSR count). The van der Waals surface area contributed by atoms with E-state index in [0.29, 0.717) is 19.0 Å². The average Bonchev–Trinajstić information content (AvgIpc) is 3.45. The summed E-state index contributed by atoms with van der Waals surface area (Å²) in [6.45, 7) is 3.45. The summed E-state index contributed by atoms with van der Waals surface area (Å²) in [4.78, 5) is 27.1. The molecule has 0 unspecified atom stereocenters. The predicted octanol–water partition coefficient (Wildman–Crippen LogP) is 4.52. The van der Waals surface area contributed by atoms with E-state index in [1.165, 1.54) is 31.2 Å². The zero-order chi connectivity index (χ0) is 20.0. The summed E-state index contributed by atoms with van der Waals surface area (Å²) in [5, 5.41) is 0. The number of imidazole rings is 1. The van der Waals surface area contributed by atoms with Crippen LogP contribution in [0.3, 0.4) is 0 Å². The molecule has 160 valence electrons. The lowest BCUT2D eigenvalue weighted by Crippen LogP contribution is -2.51. The Morgan fingerprint density at radius 3 is 2.57 bits per heavy atom. The molecular weight excluding hydrogens is 398 g/mol. The minimum Gasteiger partial charge on any atom is -0.327 e. The van der Waals surface area contributed by atoms with Gasteiger partial charge in [-0.3, -0.25) is 14.8 Å². The average molecular weight is 428 g/mol. The van der Waals surface area contributed by atoms with E-state index in [2.05, 4.69) is 42.8 Å². The second-order valence-electron chi connectivity index (χ2n) is 8.52. The summed E-state index contributed by atoms with van der Waals surface area (Å²) in [5.74, 6) is 3.26. The maximum atomic E-state index is 13.3. The van der Waals surface area contributed by atoms with Crippen molar-refractivity contribution in [1.29, 1.82) is 0 Å². The number of aromatic nitrogens is 2. The highest BCUT2D eigenvalue weighted by Gasteiger charge is 2.43. The molecule has 2 aliphatic heterocycles. The fourth-order valence-corrected chi connectivity index (χ4v) is 5.08. The van der Waals surface area contributed by atoms with Crippen molar-refractivity contribution in [2.24, 2.45) is 12.0 Å². The first-order valence-corrected chi connectivity index (χ1v) is 10.9. The Hall–Kier alpha value is -2.34. The van der Waals surface area contributed by atoms with E-state index in [-0.39, 0.29) is 24.5 Å². The van der Waals surface area contributed by atoms with E-state index in [1.54, 1.807) is 0 Å². The van der Waals surface area contributed by atoms with Crippen LogP contribution in [-0.2, 0) is 13.5 Å². The first kappa shape index (κ1) is 20.9. The van der Waals surface area contributed by atoms with Gasteiger partial charge in [0.25, 0.3) is 0 Å². The number of aliphatic imine (C=N–C) groups is 1. The third-order valence-electron chi connectivity index (χ3n) is 6.48. The van der Waals surface area contributed by atoms with Crippen LogP contribution in [0.25, 0.3) is 0 Å². The van der Waals surface area contributed by atoms with Crippen LogP contribution in [0.15, 0.2) is 35.3 Å². The number of halogens is 1. The van der Waals surface area contributed by atoms with Crippen molar-refractivity contribution >= 4 is 30.1 Å². The molecule has 7 heteroatoms. The van der Waals surface area contributed by atoms with Gasteiger partial charge in [-0.15, -0.1) is 12.4 Å². The van der Waals surface area contributed by atoms with Gasteiger partial charge in [0.2, 0.25) is 0 Å². The zero-order valence-electron chi connectivity index (χ0n) is 17.8. The highest BCUT2D eigenvalue weighted by Crippen LogP contribution is 2.39. The fraction of sp³-hybridized carbons (Fsp3) is 0.522. The van der Waals surface area contributed by atoms with Crippen LogP contribution < -0.4 is 4.90 Å². The van der Waals surface area contributed by atoms with Crippen LogP contribution in [0.1, 0.15) is 62.0 Å². The molecule has 1 aromatic heterocycles. The Bertz CT molecular complexity index is 948. The highest BCUT2D eigenvalue weighted by molar-refractivity contribution is 6.18. The normalized spacial score (nSPS) is 20.8. The standard InChI is InChI=1S/C23H29N5O.ClH/c1-3-13-27-22-19(26(2)20(25-22)17-11-7-8-12-17)21-24-18(15-28(21)23(27)29)14-16-9-5-4-6-10-16;/h4-6,9-10,17-18H,3,7-8,11-15H2,1-2H3;1H/t18-;/m1./s1. The SMILES string of the molecule is CCCN1C(=O)N2C[C@@H](Cc3ccccc3)N=C2c2c1nc(C1CCCC1)n2C.Cl. The summed E-state index contributed by atoms with van der Waals surface area (Å²) in [6.07, 6.45) is 6.69. The minimum atomic E-state index is 0. The van der Waals surface area contributed by atoms with Crippen molar-refractivity contribution in [3.8, 4) is 0 Å². The van der Waals surface area contributed by atoms with Gasteiger partial charge in [-0.2, -0.15) is 0 Å². The van der Waals surface area contributed by atoms with Gasteiger partial charge in [-0.25, -0.2) is 9.78 Å². The number of fused-ring (bicyclic) bond motifs is 3. The third kappa shape index (κ3) is 3.41. The quantitative estimate of drug-likeness (QED) is 0.704. The van der Waals surface area contributed by atoms with E-state index in [4.69, 9.17) is 9.98 Å². The molecule has 3 aliphatic rings. The van der Waals surface area contributed by atoms with E-state index < -0.39 is 0 Å². The van der Waals surface area contributed by atoms with Gasteiger partial charge in [0.15, 0.2) is 11.7 Å². The molecule has 2 amide bonds. The van der Waals surface area contributed by atoms with Crippen molar-refractivity contribution in [1.82, 2.24) is 14.5 Å². The number of carbonyl (C=O) groups excluding carboxylic acids is 1. The molecular formula is C23H30ClN5O. The largest absolute Gasteiger partial charge is 0.331 e. The van der Waals surface area contributed by atoms with E-state index in [0.717, 1.165) is 36.0 Å². The Morgan fingerprint density at radius 1 is 1.13 bits per heavy atom. The van der Waals surface area contributed by atoms with Gasteiger partial charge in [-0.1, -0.05) is 50.1 Å². The Balaban J connectivity index is 0.00000218. The second-order valence-corrected chi connectivity index (χ2v) is 8.52. The topological polar surface area (TPSA) is 53.7 Å². The number of hydrogen-bond acceptors (Lipinski definition) is 3. The van der Waals surface area contributed by atoms with Crippen LogP contribution >= 0.6 is 12.4 Å². The molecule has 0 bridgehead atoms. The number of nitrogens with zero attached hydrogens (tertiary/aromatic N) is 5. The summed E-state index contributed by atoms with van der Waals surface area (Å²) < 4.78 is 2.22. The van der Waals surface area contributed by atoms with Gasteiger partial charge in [0.1, 0.15) is 11.5 Å². The summed E-state index contributed by atoms with van der Waals surface area (Å²) in [6, 6.07) is 10.6. The van der Waals surface area contributed by atoms with Crippen molar-refractivity contribution < 1.29 is 4.79 Å². The molecule has 1 atom stereocenters. The molecule has 3 heterocycles. The van der Waals surface area contributed by atoms with Gasteiger partial charge < -0.3 is 4.57 Å². The Kier molecular flexibility index (Phi) is 5.87. The summed E-state index contributed by atoms with van der Waals surface area (Å²) in [7, 11) is 2.10. The molecule has 0 radical (unpaired) electrons. The second kappa shape index (κ2) is 8.42. The molecule has 1 fully saturated rings. The molecule has 30 heavy (non-hydrogen) atoms. The summed E-state index contributed by atoms with van der Waals surface area (Å²) in [5.41, 5.74) is 2.28. The van der Waals surface area contributed by atoms with Crippen LogP contribution in [0, 0.1) is 0 Å². The van der Waals surface area contributed by atoms with Gasteiger partial charge in [0.05, 0.1) is 12.6 Å². The number of benzene rings is 1. The van der Waals surface area contributed by atoms with Crippen molar-refractivity contribution in [3.63, 3.8) is 0 Å². The van der Waals surface area contributed by atoms with Gasteiger partial charge in [0, 0.05) is 19.5 Å². The Morgan fingerprint density at radius 2 is 1.87 bits per heavy atom. The number of hydrogen-bond donors (Lipinski definition) is 0. The molecule has 0 spiro atoms. The molecule has 1 aliphatic carbocycles. The van der Waals surface area contributed by atoms with E-state index >= 15 is 0 Å². The lowest BCUT2D eigenvalue weighted by atomic mass is 10.1. The predicted molar refractivity (Wildman–Crippen MR) is 122 cm³/mol. The maximum absolute atomic E-state index is 13.3. The van der Waals surface area contributed by atoms with Crippen LogP contribution in [0.2, 0.25) is 0 Å². The lowest BCUT2D eigenvalue weighted by molar-refractivity contribution is 0.226. The Labute approximate surface area is 184 Å². The summed E-state index contributed by atoms with van der Waals surface area (Å²) >= 11 is 0. The first-order chi connectivity index (χ1) is 14.2. The van der Waals surface area contributed by atoms with Crippen molar-refractivity contribution in [2.75, 3.05) is 18.0 Å². The monoisotopic (exact) mass is 427 g/mol. The molecule has 0 saturated heterocycles. The van der Waals surface area contributed by atoms with E-state index in [1.807, 2.05) is 15.9 Å². The number of anilines is 1. The smallest absolute Gasteiger partial charge is 0.327 e. The number of rotatable bonds is 5. The van der Waals surface area contributed by atoms with Crippen LogP contribution in [-0.4, -0.2) is 45.4 Å². The number of urea groups is 1. The first-order valence-electron chi connectivity index (χ1n) is 10.9. The third-order valence-corrected chi connectivity index (χ3v) is 6.48. The van der Waals surface area contributed by atoms with Crippen LogP contribution in [0.4, 0.5) is 10.6 Å².